The summed E-state index contributed by atoms with van der Waals surface area (Å²) < 4.78 is 6.69. The molecule has 0 saturated heterocycles. The van der Waals surface area contributed by atoms with Crippen LogP contribution in [0.4, 0.5) is 0 Å². The lowest BCUT2D eigenvalue weighted by atomic mass is 9.80. The number of hydrogen-bond acceptors (Lipinski definition) is 2. The third-order valence-electron chi connectivity index (χ3n) is 4.80. The van der Waals surface area contributed by atoms with Crippen LogP contribution in [0.15, 0.2) is 104 Å². The molecule has 27 heavy (non-hydrogen) atoms. The summed E-state index contributed by atoms with van der Waals surface area (Å²) in [6.45, 7) is 4.25. The van der Waals surface area contributed by atoms with E-state index >= 15 is 0 Å². The summed E-state index contributed by atoms with van der Waals surface area (Å²) in [7, 11) is 0. The summed E-state index contributed by atoms with van der Waals surface area (Å²) in [5.41, 5.74) is 8.92. The number of benzene rings is 3. The molecule has 0 radical (unpaired) electrons. The maximum absolute atomic E-state index is 6.69. The zero-order chi connectivity index (χ0) is 19.0. The second-order valence-corrected chi connectivity index (χ2v) is 6.72. The number of hydrogen-bond donors (Lipinski definition) is 1. The van der Waals surface area contributed by atoms with Crippen molar-refractivity contribution in [2.45, 2.75) is 24.5 Å². The SMILES string of the molecule is C=CCCC(N)COC(c1ccccc1)(c1ccccc1)c1ccccc1. The fourth-order valence-electron chi connectivity index (χ4n) is 3.42. The third kappa shape index (κ3) is 4.36. The lowest BCUT2D eigenvalue weighted by Crippen LogP contribution is -2.38. The lowest BCUT2D eigenvalue weighted by Gasteiger charge is -2.36. The Bertz CT molecular complexity index is 718. The van der Waals surface area contributed by atoms with Crippen LogP contribution in [0.5, 0.6) is 0 Å². The maximum atomic E-state index is 6.69. The fourth-order valence-corrected chi connectivity index (χ4v) is 3.42. The van der Waals surface area contributed by atoms with Gasteiger partial charge in [0.1, 0.15) is 5.60 Å². The van der Waals surface area contributed by atoms with Gasteiger partial charge in [-0.25, -0.2) is 0 Å². The second kappa shape index (κ2) is 9.31. The molecular formula is C25H27NO. The molecule has 0 spiro atoms. The van der Waals surface area contributed by atoms with Gasteiger partial charge in [-0.1, -0.05) is 97.1 Å². The molecule has 3 aromatic carbocycles. The van der Waals surface area contributed by atoms with Crippen molar-refractivity contribution in [3.63, 3.8) is 0 Å². The molecule has 0 heterocycles. The van der Waals surface area contributed by atoms with Gasteiger partial charge in [-0.15, -0.1) is 6.58 Å². The van der Waals surface area contributed by atoms with Crippen LogP contribution in [-0.4, -0.2) is 12.6 Å². The third-order valence-corrected chi connectivity index (χ3v) is 4.80. The Hall–Kier alpha value is -2.68. The highest BCUT2D eigenvalue weighted by atomic mass is 16.5. The van der Waals surface area contributed by atoms with Gasteiger partial charge < -0.3 is 10.5 Å². The number of ether oxygens (including phenoxy) is 1. The molecule has 0 aliphatic rings. The van der Waals surface area contributed by atoms with E-state index in [9.17, 15) is 0 Å². The Morgan fingerprint density at radius 3 is 1.56 bits per heavy atom. The lowest BCUT2D eigenvalue weighted by molar-refractivity contribution is 0.00422. The van der Waals surface area contributed by atoms with Crippen LogP contribution in [0.25, 0.3) is 0 Å². The summed E-state index contributed by atoms with van der Waals surface area (Å²) in [6.07, 6.45) is 3.65. The van der Waals surface area contributed by atoms with E-state index in [1.165, 1.54) is 0 Å². The van der Waals surface area contributed by atoms with Gasteiger partial charge in [0, 0.05) is 6.04 Å². The summed E-state index contributed by atoms with van der Waals surface area (Å²) in [6, 6.07) is 31.1. The highest BCUT2D eigenvalue weighted by molar-refractivity contribution is 5.47. The minimum atomic E-state index is -0.699. The normalized spacial score (nSPS) is 12.5. The van der Waals surface area contributed by atoms with Crippen molar-refractivity contribution in [1.82, 2.24) is 0 Å². The van der Waals surface area contributed by atoms with Crippen LogP contribution in [-0.2, 0) is 10.3 Å². The van der Waals surface area contributed by atoms with Crippen LogP contribution < -0.4 is 5.73 Å². The van der Waals surface area contributed by atoms with Crippen LogP contribution in [0, 0.1) is 0 Å². The monoisotopic (exact) mass is 357 g/mol. The van der Waals surface area contributed by atoms with E-state index in [1.807, 2.05) is 24.3 Å². The summed E-state index contributed by atoms with van der Waals surface area (Å²) in [5, 5.41) is 0. The minimum absolute atomic E-state index is 0.0430. The summed E-state index contributed by atoms with van der Waals surface area (Å²) >= 11 is 0. The minimum Gasteiger partial charge on any atom is -0.359 e. The van der Waals surface area contributed by atoms with Gasteiger partial charge in [-0.2, -0.15) is 0 Å². The molecule has 1 atom stereocenters. The second-order valence-electron chi connectivity index (χ2n) is 6.72. The van der Waals surface area contributed by atoms with E-state index in [0.717, 1.165) is 29.5 Å². The fraction of sp³-hybridized carbons (Fsp3) is 0.200. The molecule has 2 nitrogen and oxygen atoms in total. The maximum Gasteiger partial charge on any atom is 0.143 e. The number of rotatable bonds is 9. The van der Waals surface area contributed by atoms with Crippen molar-refractivity contribution >= 4 is 0 Å². The summed E-state index contributed by atoms with van der Waals surface area (Å²) in [4.78, 5) is 0. The van der Waals surface area contributed by atoms with Crippen molar-refractivity contribution in [3.8, 4) is 0 Å². The number of allylic oxidation sites excluding steroid dienone is 1. The van der Waals surface area contributed by atoms with Crippen molar-refractivity contribution in [3.05, 3.63) is 120 Å². The standard InChI is InChI=1S/C25H27NO/c1-2-3-19-24(26)20-27-25(21-13-7-4-8-14-21,22-15-9-5-10-16-22)23-17-11-6-12-18-23/h2,4-18,24H,1,3,19-20,26H2. The quantitative estimate of drug-likeness (QED) is 0.417. The Morgan fingerprint density at radius 1 is 0.778 bits per heavy atom. The van der Waals surface area contributed by atoms with E-state index in [-0.39, 0.29) is 6.04 Å². The molecule has 0 bridgehead atoms. The van der Waals surface area contributed by atoms with Crippen LogP contribution in [0.2, 0.25) is 0 Å². The van der Waals surface area contributed by atoms with E-state index in [1.54, 1.807) is 0 Å². The van der Waals surface area contributed by atoms with Gasteiger partial charge >= 0.3 is 0 Å². The van der Waals surface area contributed by atoms with Gasteiger partial charge in [-0.05, 0) is 29.5 Å². The molecule has 0 amide bonds. The van der Waals surface area contributed by atoms with Gasteiger partial charge in [0.2, 0.25) is 0 Å². The molecule has 2 N–H and O–H groups in total. The Labute approximate surface area is 162 Å². The van der Waals surface area contributed by atoms with Crippen LogP contribution >= 0.6 is 0 Å². The highest BCUT2D eigenvalue weighted by Crippen LogP contribution is 2.40. The average molecular weight is 357 g/mol. The first kappa shape index (κ1) is 19.1. The predicted octanol–water partition coefficient (Wildman–Crippen LogP) is 5.29. The Morgan fingerprint density at radius 2 is 1.19 bits per heavy atom. The number of nitrogens with two attached hydrogens (primary N) is 1. The predicted molar refractivity (Wildman–Crippen MR) is 113 cm³/mol. The molecular weight excluding hydrogens is 330 g/mol. The summed E-state index contributed by atoms with van der Waals surface area (Å²) in [5.74, 6) is 0. The zero-order valence-corrected chi connectivity index (χ0v) is 15.6. The van der Waals surface area contributed by atoms with Gasteiger partial charge in [0.15, 0.2) is 0 Å². The Balaban J connectivity index is 2.09. The van der Waals surface area contributed by atoms with Gasteiger partial charge in [-0.3, -0.25) is 0 Å². The molecule has 138 valence electrons. The van der Waals surface area contributed by atoms with Crippen molar-refractivity contribution in [1.29, 1.82) is 0 Å². The molecule has 3 rings (SSSR count). The highest BCUT2D eigenvalue weighted by Gasteiger charge is 2.37. The van der Waals surface area contributed by atoms with Gasteiger partial charge in [0.25, 0.3) is 0 Å². The van der Waals surface area contributed by atoms with E-state index in [2.05, 4.69) is 79.4 Å². The van der Waals surface area contributed by atoms with Gasteiger partial charge in [0.05, 0.1) is 6.61 Å². The molecule has 0 saturated carbocycles. The van der Waals surface area contributed by atoms with Crippen molar-refractivity contribution in [2.75, 3.05) is 6.61 Å². The smallest absolute Gasteiger partial charge is 0.143 e. The first-order chi connectivity index (χ1) is 13.3. The molecule has 0 aliphatic heterocycles. The molecule has 3 aromatic rings. The molecule has 2 heteroatoms. The zero-order valence-electron chi connectivity index (χ0n) is 15.6. The van der Waals surface area contributed by atoms with E-state index < -0.39 is 5.60 Å². The molecule has 0 aliphatic carbocycles. The molecule has 1 unspecified atom stereocenters. The van der Waals surface area contributed by atoms with Crippen LogP contribution in [0.1, 0.15) is 29.5 Å². The first-order valence-electron chi connectivity index (χ1n) is 9.44. The van der Waals surface area contributed by atoms with E-state index in [0.29, 0.717) is 6.61 Å². The Kier molecular flexibility index (Phi) is 6.59. The largest absolute Gasteiger partial charge is 0.359 e. The topological polar surface area (TPSA) is 35.2 Å². The average Bonchev–Trinajstić information content (AvgIpc) is 2.75. The van der Waals surface area contributed by atoms with E-state index in [4.69, 9.17) is 10.5 Å². The first-order valence-corrected chi connectivity index (χ1v) is 9.44. The van der Waals surface area contributed by atoms with Crippen molar-refractivity contribution in [2.24, 2.45) is 5.73 Å². The molecule has 0 aromatic heterocycles. The van der Waals surface area contributed by atoms with Crippen LogP contribution in [0.3, 0.4) is 0 Å². The molecule has 0 fully saturated rings. The van der Waals surface area contributed by atoms with Crippen molar-refractivity contribution < 1.29 is 4.74 Å².